The first kappa shape index (κ1) is 15.0. The fourth-order valence-corrected chi connectivity index (χ4v) is 2.25. The number of nitro groups is 1. The van der Waals surface area contributed by atoms with Gasteiger partial charge >= 0.3 is 0 Å². The van der Waals surface area contributed by atoms with Crippen molar-refractivity contribution in [1.82, 2.24) is 0 Å². The molecule has 0 saturated heterocycles. The molecule has 0 aliphatic rings. The van der Waals surface area contributed by atoms with E-state index in [-0.39, 0.29) is 11.6 Å². The van der Waals surface area contributed by atoms with Crippen LogP contribution >= 0.6 is 0 Å². The Kier molecular flexibility index (Phi) is 4.90. The summed E-state index contributed by atoms with van der Waals surface area (Å²) in [6.07, 6.45) is 0.751. The molecule has 2 aromatic carbocycles. The third-order valence-electron chi connectivity index (χ3n) is 3.50. The summed E-state index contributed by atoms with van der Waals surface area (Å²) in [5, 5.41) is 10.6. The lowest BCUT2D eigenvalue weighted by atomic mass is 9.92. The monoisotopic (exact) mass is 286 g/mol. The minimum Gasteiger partial charge on any atom is -0.497 e. The first-order valence-corrected chi connectivity index (χ1v) is 6.71. The molecule has 0 aliphatic carbocycles. The van der Waals surface area contributed by atoms with Gasteiger partial charge in [0.2, 0.25) is 0 Å². The summed E-state index contributed by atoms with van der Waals surface area (Å²) in [6, 6.07) is 14.4. The summed E-state index contributed by atoms with van der Waals surface area (Å²) in [5.74, 6) is 0.988. The number of nitro benzene ring substituents is 1. The summed E-state index contributed by atoms with van der Waals surface area (Å²) in [6.45, 7) is 0.517. The molecule has 0 fully saturated rings. The number of benzene rings is 2. The van der Waals surface area contributed by atoms with Gasteiger partial charge in [0.1, 0.15) is 5.75 Å². The summed E-state index contributed by atoms with van der Waals surface area (Å²) < 4.78 is 5.14. The highest BCUT2D eigenvalue weighted by molar-refractivity contribution is 5.35. The van der Waals surface area contributed by atoms with Crippen LogP contribution in [0.5, 0.6) is 5.75 Å². The number of hydrogen-bond acceptors (Lipinski definition) is 4. The van der Waals surface area contributed by atoms with E-state index >= 15 is 0 Å². The molecule has 0 aromatic heterocycles. The van der Waals surface area contributed by atoms with Gasteiger partial charge in [-0.3, -0.25) is 10.1 Å². The second-order valence-electron chi connectivity index (χ2n) is 4.83. The van der Waals surface area contributed by atoms with E-state index in [0.717, 1.165) is 23.3 Å². The Bertz CT molecular complexity index is 594. The minimum atomic E-state index is -0.395. The topological polar surface area (TPSA) is 78.4 Å². The smallest absolute Gasteiger partial charge is 0.269 e. The van der Waals surface area contributed by atoms with Crippen LogP contribution in [0.4, 0.5) is 5.69 Å². The van der Waals surface area contributed by atoms with Gasteiger partial charge < -0.3 is 10.5 Å². The van der Waals surface area contributed by atoms with Crippen LogP contribution in [0.15, 0.2) is 48.5 Å². The van der Waals surface area contributed by atoms with E-state index in [0.29, 0.717) is 6.54 Å². The number of non-ortho nitro benzene ring substituents is 1. The molecule has 0 amide bonds. The molecule has 5 nitrogen and oxygen atoms in total. The molecule has 1 unspecified atom stereocenters. The van der Waals surface area contributed by atoms with Crippen molar-refractivity contribution >= 4 is 5.69 Å². The van der Waals surface area contributed by atoms with Crippen molar-refractivity contribution in [3.8, 4) is 5.75 Å². The second-order valence-corrected chi connectivity index (χ2v) is 4.83. The Hall–Kier alpha value is -2.40. The Morgan fingerprint density at radius 1 is 1.14 bits per heavy atom. The fourth-order valence-electron chi connectivity index (χ4n) is 2.25. The summed E-state index contributed by atoms with van der Waals surface area (Å²) in [7, 11) is 1.63. The number of rotatable bonds is 6. The lowest BCUT2D eigenvalue weighted by Crippen LogP contribution is -2.15. The van der Waals surface area contributed by atoms with Crippen LogP contribution in [0.1, 0.15) is 17.0 Å². The Labute approximate surface area is 123 Å². The van der Waals surface area contributed by atoms with E-state index in [1.54, 1.807) is 19.2 Å². The van der Waals surface area contributed by atoms with Crippen LogP contribution < -0.4 is 10.5 Å². The lowest BCUT2D eigenvalue weighted by Gasteiger charge is -2.15. The number of methoxy groups -OCH3 is 1. The predicted molar refractivity (Wildman–Crippen MR) is 81.6 cm³/mol. The standard InChI is InChI=1S/C16H18N2O3/c1-21-16-8-4-13(5-9-16)14(11-17)10-12-2-6-15(7-3-12)18(19)20/h2-9,14H,10-11,17H2,1H3. The van der Waals surface area contributed by atoms with Crippen LogP contribution in [0, 0.1) is 10.1 Å². The molecule has 0 heterocycles. The molecule has 0 radical (unpaired) electrons. The zero-order valence-corrected chi connectivity index (χ0v) is 11.9. The van der Waals surface area contributed by atoms with E-state index in [1.807, 2.05) is 24.3 Å². The maximum absolute atomic E-state index is 10.6. The third kappa shape index (κ3) is 3.79. The second kappa shape index (κ2) is 6.85. The van der Waals surface area contributed by atoms with Gasteiger partial charge in [-0.25, -0.2) is 0 Å². The van der Waals surface area contributed by atoms with E-state index in [2.05, 4.69) is 0 Å². The number of hydrogen-bond donors (Lipinski definition) is 1. The Morgan fingerprint density at radius 3 is 2.24 bits per heavy atom. The van der Waals surface area contributed by atoms with Gasteiger partial charge in [-0.2, -0.15) is 0 Å². The van der Waals surface area contributed by atoms with Crippen molar-refractivity contribution < 1.29 is 9.66 Å². The molecule has 0 spiro atoms. The maximum Gasteiger partial charge on any atom is 0.269 e. The van der Waals surface area contributed by atoms with Crippen LogP contribution in [0.25, 0.3) is 0 Å². The molecule has 5 heteroatoms. The van der Waals surface area contributed by atoms with Gasteiger partial charge in [-0.15, -0.1) is 0 Å². The zero-order chi connectivity index (χ0) is 15.2. The van der Waals surface area contributed by atoms with Gasteiger partial charge in [-0.1, -0.05) is 24.3 Å². The predicted octanol–water partition coefficient (Wildman–Crippen LogP) is 2.89. The summed E-state index contributed by atoms with van der Waals surface area (Å²) >= 11 is 0. The third-order valence-corrected chi connectivity index (χ3v) is 3.50. The van der Waals surface area contributed by atoms with Gasteiger partial charge in [0.05, 0.1) is 12.0 Å². The van der Waals surface area contributed by atoms with Crippen molar-refractivity contribution in [3.05, 3.63) is 69.8 Å². The highest BCUT2D eigenvalue weighted by Crippen LogP contribution is 2.23. The molecule has 2 rings (SSSR count). The number of nitrogens with zero attached hydrogens (tertiary/aromatic N) is 1. The van der Waals surface area contributed by atoms with Crippen LogP contribution in [-0.4, -0.2) is 18.6 Å². The summed E-state index contributed by atoms with van der Waals surface area (Å²) in [4.78, 5) is 10.3. The van der Waals surface area contributed by atoms with Gasteiger partial charge in [0, 0.05) is 18.1 Å². The van der Waals surface area contributed by atoms with Gasteiger partial charge in [0.15, 0.2) is 0 Å². The lowest BCUT2D eigenvalue weighted by molar-refractivity contribution is -0.384. The van der Waals surface area contributed by atoms with Crippen molar-refractivity contribution in [2.75, 3.05) is 13.7 Å². The van der Waals surface area contributed by atoms with Crippen molar-refractivity contribution in [1.29, 1.82) is 0 Å². The Morgan fingerprint density at radius 2 is 1.76 bits per heavy atom. The van der Waals surface area contributed by atoms with Gasteiger partial charge in [0.25, 0.3) is 5.69 Å². The number of ether oxygens (including phenoxy) is 1. The molecule has 2 N–H and O–H groups in total. The molecule has 0 bridgehead atoms. The summed E-state index contributed by atoms with van der Waals surface area (Å²) in [5.41, 5.74) is 8.14. The fraction of sp³-hybridized carbons (Fsp3) is 0.250. The largest absolute Gasteiger partial charge is 0.497 e. The van der Waals surface area contributed by atoms with Crippen LogP contribution in [0.2, 0.25) is 0 Å². The average Bonchev–Trinajstić information content (AvgIpc) is 2.53. The maximum atomic E-state index is 10.6. The van der Waals surface area contributed by atoms with E-state index in [1.165, 1.54) is 12.1 Å². The molecule has 0 saturated carbocycles. The van der Waals surface area contributed by atoms with Crippen LogP contribution in [-0.2, 0) is 6.42 Å². The molecule has 2 aromatic rings. The molecule has 0 aliphatic heterocycles. The zero-order valence-electron chi connectivity index (χ0n) is 11.9. The normalized spacial score (nSPS) is 11.9. The molecular weight excluding hydrogens is 268 g/mol. The molecular formula is C16H18N2O3. The highest BCUT2D eigenvalue weighted by Gasteiger charge is 2.12. The first-order chi connectivity index (χ1) is 10.1. The molecule has 1 atom stereocenters. The van der Waals surface area contributed by atoms with E-state index in [9.17, 15) is 10.1 Å². The van der Waals surface area contributed by atoms with Crippen LogP contribution in [0.3, 0.4) is 0 Å². The van der Waals surface area contributed by atoms with Crippen molar-refractivity contribution in [3.63, 3.8) is 0 Å². The van der Waals surface area contributed by atoms with Gasteiger partial charge in [-0.05, 0) is 36.2 Å². The first-order valence-electron chi connectivity index (χ1n) is 6.71. The van der Waals surface area contributed by atoms with E-state index < -0.39 is 4.92 Å². The Balaban J connectivity index is 2.12. The number of nitrogens with two attached hydrogens (primary N) is 1. The SMILES string of the molecule is COc1ccc(C(CN)Cc2ccc([N+](=O)[O-])cc2)cc1. The average molecular weight is 286 g/mol. The van der Waals surface area contributed by atoms with Crippen molar-refractivity contribution in [2.24, 2.45) is 5.73 Å². The molecule has 110 valence electrons. The van der Waals surface area contributed by atoms with Crippen molar-refractivity contribution in [2.45, 2.75) is 12.3 Å². The minimum absolute atomic E-state index is 0.104. The van der Waals surface area contributed by atoms with E-state index in [4.69, 9.17) is 10.5 Å². The quantitative estimate of drug-likeness (QED) is 0.654. The molecule has 21 heavy (non-hydrogen) atoms. The highest BCUT2D eigenvalue weighted by atomic mass is 16.6.